The van der Waals surface area contributed by atoms with E-state index in [1.165, 1.54) is 5.56 Å². The van der Waals surface area contributed by atoms with Crippen LogP contribution in [0.25, 0.3) is 10.6 Å². The van der Waals surface area contributed by atoms with Gasteiger partial charge in [0.2, 0.25) is 5.91 Å². The molecule has 0 radical (unpaired) electrons. The molecule has 138 valence electrons. The molecule has 1 aliphatic heterocycles. The van der Waals surface area contributed by atoms with E-state index in [9.17, 15) is 4.79 Å². The van der Waals surface area contributed by atoms with Crippen LogP contribution in [0.15, 0.2) is 47.8 Å². The highest BCUT2D eigenvalue weighted by Gasteiger charge is 2.25. The minimum absolute atomic E-state index is 0.00285. The van der Waals surface area contributed by atoms with E-state index >= 15 is 0 Å². The van der Waals surface area contributed by atoms with Gasteiger partial charge in [-0.25, -0.2) is 4.98 Å². The van der Waals surface area contributed by atoms with E-state index in [1.807, 2.05) is 35.7 Å². The highest BCUT2D eigenvalue weighted by Crippen LogP contribution is 2.35. The molecule has 2 heterocycles. The molecule has 0 fully saturated rings. The lowest BCUT2D eigenvalue weighted by Gasteiger charge is -2.28. The second-order valence-corrected chi connectivity index (χ2v) is 7.80. The van der Waals surface area contributed by atoms with E-state index in [4.69, 9.17) is 4.74 Å². The second kappa shape index (κ2) is 7.53. The molecule has 4 rings (SSSR count). The van der Waals surface area contributed by atoms with Crippen molar-refractivity contribution in [3.63, 3.8) is 0 Å². The van der Waals surface area contributed by atoms with E-state index in [2.05, 4.69) is 36.3 Å². The molecular formula is C22H22N2O2S. The first-order chi connectivity index (χ1) is 13.1. The highest BCUT2D eigenvalue weighted by atomic mass is 32.1. The summed E-state index contributed by atoms with van der Waals surface area (Å²) in [5, 5.41) is 6.08. The number of fused-ring (bicyclic) bond motifs is 1. The summed E-state index contributed by atoms with van der Waals surface area (Å²) in [5.41, 5.74) is 5.27. The number of thiazole rings is 1. The number of hydrogen-bond acceptors (Lipinski definition) is 4. The minimum Gasteiger partial charge on any atom is -0.493 e. The first-order valence-corrected chi connectivity index (χ1v) is 10.0. The summed E-state index contributed by atoms with van der Waals surface area (Å²) in [6.07, 6.45) is 1.08. The Hall–Kier alpha value is -2.66. The maximum absolute atomic E-state index is 12.6. The Balaban J connectivity index is 1.46. The molecule has 3 aromatic rings. The third-order valence-corrected chi connectivity index (χ3v) is 5.67. The van der Waals surface area contributed by atoms with Crippen molar-refractivity contribution in [1.29, 1.82) is 0 Å². The molecular weight excluding hydrogens is 356 g/mol. The number of hydrogen-bond donors (Lipinski definition) is 1. The van der Waals surface area contributed by atoms with Gasteiger partial charge in [0, 0.05) is 22.9 Å². The van der Waals surface area contributed by atoms with Crippen LogP contribution >= 0.6 is 11.3 Å². The molecule has 5 heteroatoms. The average molecular weight is 378 g/mol. The predicted molar refractivity (Wildman–Crippen MR) is 108 cm³/mol. The molecule has 1 amide bonds. The van der Waals surface area contributed by atoms with Crippen molar-refractivity contribution in [2.75, 3.05) is 6.61 Å². The SMILES string of the molecule is Cc1cc(C)c2c(c1)C(NC(=O)Cc1csc(-c3ccccc3)n1)CCO2. The zero-order valence-corrected chi connectivity index (χ0v) is 16.3. The van der Waals surface area contributed by atoms with Crippen LogP contribution in [0.1, 0.15) is 34.8 Å². The molecule has 4 nitrogen and oxygen atoms in total. The second-order valence-electron chi connectivity index (χ2n) is 6.94. The summed E-state index contributed by atoms with van der Waals surface area (Å²) in [6.45, 7) is 4.74. The maximum Gasteiger partial charge on any atom is 0.226 e. The van der Waals surface area contributed by atoms with Gasteiger partial charge in [-0.1, -0.05) is 48.0 Å². The normalized spacial score (nSPS) is 15.7. The lowest BCUT2D eigenvalue weighted by molar-refractivity contribution is -0.121. The first kappa shape index (κ1) is 17.7. The van der Waals surface area contributed by atoms with E-state index in [0.29, 0.717) is 13.0 Å². The van der Waals surface area contributed by atoms with Crippen LogP contribution in [0.4, 0.5) is 0 Å². The van der Waals surface area contributed by atoms with Crippen molar-refractivity contribution < 1.29 is 9.53 Å². The summed E-state index contributed by atoms with van der Waals surface area (Å²) in [6, 6.07) is 14.3. The Kier molecular flexibility index (Phi) is 4.94. The number of amides is 1. The summed E-state index contributed by atoms with van der Waals surface area (Å²) in [5.74, 6) is 0.911. The maximum atomic E-state index is 12.6. The van der Waals surface area contributed by atoms with Crippen molar-refractivity contribution in [3.05, 3.63) is 70.2 Å². The van der Waals surface area contributed by atoms with Crippen LogP contribution in [0.3, 0.4) is 0 Å². The monoisotopic (exact) mass is 378 g/mol. The van der Waals surface area contributed by atoms with E-state index < -0.39 is 0 Å². The summed E-state index contributed by atoms with van der Waals surface area (Å²) >= 11 is 1.57. The Morgan fingerprint density at radius 2 is 2.07 bits per heavy atom. The van der Waals surface area contributed by atoms with Gasteiger partial charge in [-0.2, -0.15) is 0 Å². The Bertz CT molecular complexity index is 966. The van der Waals surface area contributed by atoms with E-state index in [1.54, 1.807) is 11.3 Å². The molecule has 0 saturated carbocycles. The number of nitrogens with one attached hydrogen (secondary N) is 1. The summed E-state index contributed by atoms with van der Waals surface area (Å²) in [7, 11) is 0. The molecule has 1 unspecified atom stereocenters. The van der Waals surface area contributed by atoms with Gasteiger partial charge >= 0.3 is 0 Å². The molecule has 0 saturated heterocycles. The number of nitrogens with zero attached hydrogens (tertiary/aromatic N) is 1. The van der Waals surface area contributed by atoms with Crippen LogP contribution in [-0.2, 0) is 11.2 Å². The summed E-state index contributed by atoms with van der Waals surface area (Å²) in [4.78, 5) is 17.2. The fourth-order valence-electron chi connectivity index (χ4n) is 3.54. The fraction of sp³-hybridized carbons (Fsp3) is 0.273. The smallest absolute Gasteiger partial charge is 0.226 e. The molecule has 0 aliphatic carbocycles. The number of aromatic nitrogens is 1. The fourth-order valence-corrected chi connectivity index (χ4v) is 4.36. The van der Waals surface area contributed by atoms with Gasteiger partial charge in [0.1, 0.15) is 10.8 Å². The number of carbonyl (C=O) groups excluding carboxylic acids is 1. The first-order valence-electron chi connectivity index (χ1n) is 9.13. The molecule has 2 aromatic carbocycles. The number of rotatable bonds is 4. The Morgan fingerprint density at radius 3 is 2.89 bits per heavy atom. The number of aryl methyl sites for hydroxylation is 2. The largest absolute Gasteiger partial charge is 0.493 e. The number of benzene rings is 2. The molecule has 0 spiro atoms. The number of ether oxygens (including phenoxy) is 1. The molecule has 1 atom stereocenters. The zero-order valence-electron chi connectivity index (χ0n) is 15.5. The summed E-state index contributed by atoms with van der Waals surface area (Å²) < 4.78 is 5.83. The topological polar surface area (TPSA) is 51.2 Å². The van der Waals surface area contributed by atoms with E-state index in [0.717, 1.165) is 39.6 Å². The van der Waals surface area contributed by atoms with Gasteiger partial charge in [-0.15, -0.1) is 11.3 Å². The average Bonchev–Trinajstić information content (AvgIpc) is 3.11. The van der Waals surface area contributed by atoms with Crippen molar-refractivity contribution in [2.45, 2.75) is 32.7 Å². The lowest BCUT2D eigenvalue weighted by Crippen LogP contribution is -2.33. The molecule has 27 heavy (non-hydrogen) atoms. The van der Waals surface area contributed by atoms with Crippen LogP contribution in [0, 0.1) is 13.8 Å². The Morgan fingerprint density at radius 1 is 1.26 bits per heavy atom. The quantitative estimate of drug-likeness (QED) is 0.721. The zero-order chi connectivity index (χ0) is 18.8. The predicted octanol–water partition coefficient (Wildman–Crippen LogP) is 4.61. The van der Waals surface area contributed by atoms with Gasteiger partial charge in [-0.05, 0) is 19.4 Å². The molecule has 1 N–H and O–H groups in total. The van der Waals surface area contributed by atoms with Gasteiger partial charge in [0.25, 0.3) is 0 Å². The molecule has 1 aromatic heterocycles. The van der Waals surface area contributed by atoms with Crippen molar-refractivity contribution in [1.82, 2.24) is 10.3 Å². The van der Waals surface area contributed by atoms with Crippen LogP contribution in [0.2, 0.25) is 0 Å². The highest BCUT2D eigenvalue weighted by molar-refractivity contribution is 7.13. The van der Waals surface area contributed by atoms with Crippen LogP contribution < -0.4 is 10.1 Å². The van der Waals surface area contributed by atoms with Gasteiger partial charge < -0.3 is 10.1 Å². The molecule has 1 aliphatic rings. The third kappa shape index (κ3) is 3.88. The van der Waals surface area contributed by atoms with Crippen molar-refractivity contribution in [3.8, 4) is 16.3 Å². The van der Waals surface area contributed by atoms with Crippen LogP contribution in [0.5, 0.6) is 5.75 Å². The lowest BCUT2D eigenvalue weighted by atomic mass is 9.95. The van der Waals surface area contributed by atoms with Crippen LogP contribution in [-0.4, -0.2) is 17.5 Å². The van der Waals surface area contributed by atoms with Gasteiger partial charge in [0.15, 0.2) is 0 Å². The van der Waals surface area contributed by atoms with Gasteiger partial charge in [-0.3, -0.25) is 4.79 Å². The van der Waals surface area contributed by atoms with Crippen molar-refractivity contribution in [2.24, 2.45) is 0 Å². The third-order valence-electron chi connectivity index (χ3n) is 4.73. The number of carbonyl (C=O) groups is 1. The minimum atomic E-state index is -0.00733. The van der Waals surface area contributed by atoms with Crippen molar-refractivity contribution >= 4 is 17.2 Å². The van der Waals surface area contributed by atoms with Gasteiger partial charge in [0.05, 0.1) is 24.8 Å². The molecule has 0 bridgehead atoms. The van der Waals surface area contributed by atoms with E-state index in [-0.39, 0.29) is 11.9 Å². The Labute approximate surface area is 163 Å². The standard InChI is InChI=1S/C22H22N2O2S/c1-14-10-15(2)21-18(11-14)19(8-9-26-21)24-20(25)12-17-13-27-22(23-17)16-6-4-3-5-7-16/h3-7,10-11,13,19H,8-9,12H2,1-2H3,(H,24,25).